The van der Waals surface area contributed by atoms with Crippen LogP contribution in [0, 0.1) is 0 Å². The maximum Gasteiger partial charge on any atom is 0.274 e. The minimum absolute atomic E-state index is 0.124. The summed E-state index contributed by atoms with van der Waals surface area (Å²) in [5.74, 6) is -0.392. The van der Waals surface area contributed by atoms with Gasteiger partial charge in [-0.3, -0.25) is 14.7 Å². The first kappa shape index (κ1) is 14.5. The van der Waals surface area contributed by atoms with E-state index >= 15 is 0 Å². The van der Waals surface area contributed by atoms with Crippen LogP contribution in [-0.2, 0) is 0 Å². The highest BCUT2D eigenvalue weighted by Gasteiger charge is 2.24. The number of nitrogens with one attached hydrogen (secondary N) is 3. The minimum Gasteiger partial charge on any atom is -0.361 e. The van der Waals surface area contributed by atoms with E-state index in [9.17, 15) is 9.59 Å². The summed E-state index contributed by atoms with van der Waals surface area (Å²) in [6, 6.07) is 7.32. The molecule has 2 amide bonds. The molecule has 122 valence electrons. The first-order chi connectivity index (χ1) is 11.7. The van der Waals surface area contributed by atoms with Gasteiger partial charge in [-0.25, -0.2) is 0 Å². The molecule has 0 unspecified atom stereocenters. The second-order valence-electron chi connectivity index (χ2n) is 5.89. The number of carbonyl (C=O) groups excluding carboxylic acids is 2. The van der Waals surface area contributed by atoms with Crippen molar-refractivity contribution in [2.45, 2.75) is 12.8 Å². The van der Waals surface area contributed by atoms with Gasteiger partial charge in [0.05, 0.1) is 11.9 Å². The number of anilines is 1. The summed E-state index contributed by atoms with van der Waals surface area (Å²) in [5, 5.41) is 10.4. The van der Waals surface area contributed by atoms with Crippen molar-refractivity contribution in [2.75, 3.05) is 18.4 Å². The summed E-state index contributed by atoms with van der Waals surface area (Å²) in [6.45, 7) is 1.49. The Labute approximate surface area is 138 Å². The van der Waals surface area contributed by atoms with Crippen molar-refractivity contribution >= 4 is 28.4 Å². The number of likely N-dealkylation sites (tertiary alicyclic amines) is 1. The third-order valence-corrected chi connectivity index (χ3v) is 4.31. The first-order valence-corrected chi connectivity index (χ1v) is 7.93. The topological polar surface area (TPSA) is 93.9 Å². The van der Waals surface area contributed by atoms with Crippen molar-refractivity contribution in [1.29, 1.82) is 0 Å². The molecule has 1 saturated heterocycles. The molecular weight excluding hydrogens is 306 g/mol. The Bertz CT molecular complexity index is 904. The molecule has 1 fully saturated rings. The lowest BCUT2D eigenvalue weighted by atomic mass is 10.1. The van der Waals surface area contributed by atoms with Gasteiger partial charge in [-0.15, -0.1) is 0 Å². The van der Waals surface area contributed by atoms with E-state index in [0.29, 0.717) is 16.9 Å². The maximum atomic E-state index is 12.5. The lowest BCUT2D eigenvalue weighted by Gasteiger charge is -2.15. The number of aromatic amines is 2. The quantitative estimate of drug-likeness (QED) is 0.691. The summed E-state index contributed by atoms with van der Waals surface area (Å²) >= 11 is 0. The van der Waals surface area contributed by atoms with Gasteiger partial charge >= 0.3 is 0 Å². The van der Waals surface area contributed by atoms with E-state index in [4.69, 9.17) is 0 Å². The number of nitrogens with zero attached hydrogens (tertiary/aromatic N) is 2. The molecule has 24 heavy (non-hydrogen) atoms. The second-order valence-corrected chi connectivity index (χ2v) is 5.89. The molecule has 1 aliphatic heterocycles. The van der Waals surface area contributed by atoms with Crippen molar-refractivity contribution in [2.24, 2.45) is 0 Å². The predicted octanol–water partition coefficient (Wildman–Crippen LogP) is 2.38. The van der Waals surface area contributed by atoms with Crippen LogP contribution < -0.4 is 5.32 Å². The van der Waals surface area contributed by atoms with E-state index in [0.717, 1.165) is 36.8 Å². The normalized spacial score (nSPS) is 14.2. The summed E-state index contributed by atoms with van der Waals surface area (Å²) in [5.41, 5.74) is 2.24. The molecule has 0 bridgehead atoms. The van der Waals surface area contributed by atoms with Gasteiger partial charge in [0.1, 0.15) is 5.69 Å². The summed E-state index contributed by atoms with van der Waals surface area (Å²) in [6.07, 6.45) is 5.32. The van der Waals surface area contributed by atoms with Crippen molar-refractivity contribution in [3.8, 4) is 0 Å². The molecule has 0 radical (unpaired) electrons. The van der Waals surface area contributed by atoms with Crippen molar-refractivity contribution in [3.63, 3.8) is 0 Å². The Morgan fingerprint density at radius 1 is 1.17 bits per heavy atom. The zero-order chi connectivity index (χ0) is 16.5. The molecular formula is C17H17N5O2. The van der Waals surface area contributed by atoms with Gasteiger partial charge in [0, 0.05) is 35.8 Å². The molecule has 0 aliphatic carbocycles. The van der Waals surface area contributed by atoms with E-state index in [1.54, 1.807) is 11.0 Å². The largest absolute Gasteiger partial charge is 0.361 e. The Hall–Kier alpha value is -3.09. The third kappa shape index (κ3) is 2.54. The van der Waals surface area contributed by atoms with E-state index in [1.807, 2.05) is 24.4 Å². The van der Waals surface area contributed by atoms with Gasteiger partial charge in [0.25, 0.3) is 11.8 Å². The number of fused-ring (bicyclic) bond motifs is 1. The maximum absolute atomic E-state index is 12.5. The van der Waals surface area contributed by atoms with Crippen LogP contribution in [0.5, 0.6) is 0 Å². The highest BCUT2D eigenvalue weighted by Crippen LogP contribution is 2.20. The van der Waals surface area contributed by atoms with Crippen LogP contribution in [-0.4, -0.2) is 45.0 Å². The van der Waals surface area contributed by atoms with E-state index in [1.165, 1.54) is 6.20 Å². The highest BCUT2D eigenvalue weighted by atomic mass is 16.2. The first-order valence-electron chi connectivity index (χ1n) is 7.93. The average Bonchev–Trinajstić information content (AvgIpc) is 3.34. The van der Waals surface area contributed by atoms with Crippen LogP contribution in [0.1, 0.15) is 33.7 Å². The molecule has 0 spiro atoms. The van der Waals surface area contributed by atoms with Crippen LogP contribution in [0.2, 0.25) is 0 Å². The molecule has 3 aromatic rings. The van der Waals surface area contributed by atoms with E-state index in [-0.39, 0.29) is 11.8 Å². The number of hydrogen-bond donors (Lipinski definition) is 3. The average molecular weight is 323 g/mol. The lowest BCUT2D eigenvalue weighted by molar-refractivity contribution is 0.0788. The number of benzene rings is 1. The Balaban J connectivity index is 1.55. The second kappa shape index (κ2) is 5.84. The van der Waals surface area contributed by atoms with Gasteiger partial charge < -0.3 is 15.2 Å². The fraction of sp³-hybridized carbons (Fsp3) is 0.235. The fourth-order valence-electron chi connectivity index (χ4n) is 3.01. The molecule has 3 N–H and O–H groups in total. The zero-order valence-corrected chi connectivity index (χ0v) is 13.0. The number of rotatable bonds is 3. The van der Waals surface area contributed by atoms with Crippen LogP contribution in [0.3, 0.4) is 0 Å². The zero-order valence-electron chi connectivity index (χ0n) is 13.0. The highest BCUT2D eigenvalue weighted by molar-refractivity contribution is 6.09. The van der Waals surface area contributed by atoms with Gasteiger partial charge in [0.2, 0.25) is 0 Å². The van der Waals surface area contributed by atoms with Gasteiger partial charge in [-0.2, -0.15) is 5.10 Å². The van der Waals surface area contributed by atoms with Crippen molar-refractivity contribution in [1.82, 2.24) is 20.1 Å². The molecule has 7 heteroatoms. The van der Waals surface area contributed by atoms with E-state index < -0.39 is 0 Å². The summed E-state index contributed by atoms with van der Waals surface area (Å²) < 4.78 is 0. The molecule has 0 atom stereocenters. The Morgan fingerprint density at radius 3 is 2.83 bits per heavy atom. The number of aromatic nitrogens is 3. The molecule has 2 aromatic heterocycles. The molecule has 3 heterocycles. The van der Waals surface area contributed by atoms with Crippen LogP contribution in [0.25, 0.3) is 10.9 Å². The van der Waals surface area contributed by atoms with Crippen LogP contribution >= 0.6 is 0 Å². The minimum atomic E-state index is -0.269. The molecule has 1 aromatic carbocycles. The number of amides is 2. The van der Waals surface area contributed by atoms with Crippen LogP contribution in [0.15, 0.2) is 36.7 Å². The predicted molar refractivity (Wildman–Crippen MR) is 90.0 cm³/mol. The Morgan fingerprint density at radius 2 is 2.00 bits per heavy atom. The summed E-state index contributed by atoms with van der Waals surface area (Å²) in [7, 11) is 0. The number of carbonyl (C=O) groups is 2. The number of hydrogen-bond acceptors (Lipinski definition) is 3. The van der Waals surface area contributed by atoms with Gasteiger partial charge in [0.15, 0.2) is 0 Å². The molecule has 7 nitrogen and oxygen atoms in total. The van der Waals surface area contributed by atoms with Crippen LogP contribution in [0.4, 0.5) is 5.69 Å². The van der Waals surface area contributed by atoms with Crippen molar-refractivity contribution in [3.05, 3.63) is 47.9 Å². The standard InChI is InChI=1S/C17H17N5O2/c23-16(12-3-4-13-11(9-12)5-6-18-13)20-14-10-19-21-15(14)17(24)22-7-1-2-8-22/h3-6,9-10,18H,1-2,7-8H2,(H,19,21)(H,20,23). The van der Waals surface area contributed by atoms with E-state index in [2.05, 4.69) is 20.5 Å². The monoisotopic (exact) mass is 323 g/mol. The van der Waals surface area contributed by atoms with Gasteiger partial charge in [-0.1, -0.05) is 0 Å². The molecule has 0 saturated carbocycles. The SMILES string of the molecule is O=C(Nc1cn[nH]c1C(=O)N1CCCC1)c1ccc2[nH]ccc2c1. The fourth-order valence-corrected chi connectivity index (χ4v) is 3.01. The smallest absolute Gasteiger partial charge is 0.274 e. The van der Waals surface area contributed by atoms with Crippen molar-refractivity contribution < 1.29 is 9.59 Å². The molecule has 4 rings (SSSR count). The third-order valence-electron chi connectivity index (χ3n) is 4.31. The number of H-pyrrole nitrogens is 2. The molecule has 1 aliphatic rings. The Kier molecular flexibility index (Phi) is 3.53. The lowest BCUT2D eigenvalue weighted by Crippen LogP contribution is -2.29. The van der Waals surface area contributed by atoms with Gasteiger partial charge in [-0.05, 0) is 37.1 Å². The summed E-state index contributed by atoms with van der Waals surface area (Å²) in [4.78, 5) is 29.8.